The molecule has 1 aliphatic heterocycles. The lowest BCUT2D eigenvalue weighted by Gasteiger charge is -2.28. The van der Waals surface area contributed by atoms with Gasteiger partial charge in [0.15, 0.2) is 23.0 Å². The molecule has 0 aliphatic carbocycles. The Morgan fingerprint density at radius 2 is 1.86 bits per heavy atom. The minimum atomic E-state index is -0.895. The van der Waals surface area contributed by atoms with Gasteiger partial charge in [-0.3, -0.25) is 14.5 Å². The number of carbonyl (C=O) groups excluding carboxylic acids is 2. The van der Waals surface area contributed by atoms with Crippen LogP contribution in [0.5, 0.6) is 11.5 Å². The van der Waals surface area contributed by atoms with E-state index in [2.05, 4.69) is 0 Å². The van der Waals surface area contributed by atoms with E-state index >= 15 is 0 Å². The van der Waals surface area contributed by atoms with E-state index in [1.54, 1.807) is 49.4 Å². The van der Waals surface area contributed by atoms with E-state index in [1.165, 1.54) is 19.1 Å². The Balaban J connectivity index is 2.25. The van der Waals surface area contributed by atoms with E-state index in [0.29, 0.717) is 28.3 Å². The van der Waals surface area contributed by atoms with Crippen LogP contribution >= 0.6 is 0 Å². The summed E-state index contributed by atoms with van der Waals surface area (Å²) in [5.41, 5.74) is 1.38. The molecule has 1 N–H and O–H groups in total. The number of ketones is 1. The fourth-order valence-electron chi connectivity index (χ4n) is 3.46. The number of hydrogen-bond donors (Lipinski definition) is 1. The molecule has 0 fully saturated rings. The summed E-state index contributed by atoms with van der Waals surface area (Å²) < 4.78 is 10.9. The number of Topliss-reactive ketones (excluding diaryl/α,β-unsaturated/α-hetero) is 1. The average Bonchev–Trinajstić information content (AvgIpc) is 3.03. The summed E-state index contributed by atoms with van der Waals surface area (Å²) in [5, 5.41) is 19.6. The minimum Gasteiger partial charge on any atom is -0.503 e. The third kappa shape index (κ3) is 3.29. The molecule has 148 valence electrons. The zero-order valence-corrected chi connectivity index (χ0v) is 16.3. The number of para-hydroxylation sites is 1. The molecule has 1 aliphatic rings. The molecule has 29 heavy (non-hydrogen) atoms. The van der Waals surface area contributed by atoms with Gasteiger partial charge in [0.25, 0.3) is 5.91 Å². The number of nitrogens with zero attached hydrogens (tertiary/aromatic N) is 2. The first-order chi connectivity index (χ1) is 14.0. The summed E-state index contributed by atoms with van der Waals surface area (Å²) in [6.45, 7) is 1.66. The molecule has 7 heteroatoms. The van der Waals surface area contributed by atoms with E-state index in [1.807, 2.05) is 6.07 Å². The van der Waals surface area contributed by atoms with Crippen LogP contribution in [0.4, 0.5) is 5.69 Å². The molecule has 1 unspecified atom stereocenters. The Hall–Kier alpha value is -3.79. The molecule has 0 spiro atoms. The van der Waals surface area contributed by atoms with E-state index in [-0.39, 0.29) is 17.8 Å². The molecule has 1 heterocycles. The molecule has 0 aromatic heterocycles. The van der Waals surface area contributed by atoms with Crippen molar-refractivity contribution in [2.45, 2.75) is 19.4 Å². The van der Waals surface area contributed by atoms with Gasteiger partial charge in [0.05, 0.1) is 37.5 Å². The Morgan fingerprint density at radius 3 is 2.41 bits per heavy atom. The van der Waals surface area contributed by atoms with Crippen molar-refractivity contribution >= 4 is 17.4 Å². The monoisotopic (exact) mass is 392 g/mol. The Labute approximate surface area is 168 Å². The Morgan fingerprint density at radius 1 is 1.17 bits per heavy atom. The number of nitriles is 1. The van der Waals surface area contributed by atoms with Gasteiger partial charge in [-0.2, -0.15) is 5.26 Å². The topological polar surface area (TPSA) is 99.9 Å². The second-order valence-corrected chi connectivity index (χ2v) is 6.36. The smallest absolute Gasteiger partial charge is 0.294 e. The molecule has 3 rings (SSSR count). The fourth-order valence-corrected chi connectivity index (χ4v) is 3.46. The first kappa shape index (κ1) is 20.0. The number of anilines is 1. The van der Waals surface area contributed by atoms with Crippen molar-refractivity contribution in [3.05, 3.63) is 64.9 Å². The lowest BCUT2D eigenvalue weighted by atomic mass is 9.93. The highest BCUT2D eigenvalue weighted by Gasteiger charge is 2.45. The lowest BCUT2D eigenvalue weighted by Crippen LogP contribution is -2.31. The van der Waals surface area contributed by atoms with E-state index in [0.717, 1.165) is 0 Å². The van der Waals surface area contributed by atoms with Crippen molar-refractivity contribution in [1.29, 1.82) is 5.26 Å². The van der Waals surface area contributed by atoms with Crippen LogP contribution in [0.1, 0.15) is 30.5 Å². The van der Waals surface area contributed by atoms with Gasteiger partial charge in [0.2, 0.25) is 0 Å². The number of aliphatic hydroxyl groups is 1. The zero-order valence-electron chi connectivity index (χ0n) is 16.3. The zero-order chi connectivity index (χ0) is 21.1. The number of hydrogen-bond acceptors (Lipinski definition) is 6. The Kier molecular flexibility index (Phi) is 5.55. The van der Waals surface area contributed by atoms with Crippen LogP contribution in [-0.4, -0.2) is 31.0 Å². The van der Waals surface area contributed by atoms with Crippen LogP contribution in [0.2, 0.25) is 0 Å². The highest BCUT2D eigenvalue weighted by atomic mass is 16.5. The molecule has 1 atom stereocenters. The molecule has 7 nitrogen and oxygen atoms in total. The van der Waals surface area contributed by atoms with Gasteiger partial charge in [-0.25, -0.2) is 0 Å². The van der Waals surface area contributed by atoms with Crippen LogP contribution in [-0.2, 0) is 9.59 Å². The second kappa shape index (κ2) is 8.07. The second-order valence-electron chi connectivity index (χ2n) is 6.36. The molecule has 0 radical (unpaired) electrons. The van der Waals surface area contributed by atoms with Gasteiger partial charge in [-0.15, -0.1) is 0 Å². The van der Waals surface area contributed by atoms with E-state index in [4.69, 9.17) is 14.7 Å². The van der Waals surface area contributed by atoms with Crippen LogP contribution in [0, 0.1) is 11.3 Å². The number of aliphatic hydroxyl groups excluding tert-OH is 1. The Bertz CT molecular complexity index is 1030. The molecule has 0 saturated carbocycles. The number of carbonyl (C=O) groups is 2. The van der Waals surface area contributed by atoms with Gasteiger partial charge < -0.3 is 14.6 Å². The van der Waals surface area contributed by atoms with Crippen LogP contribution in [0.15, 0.2) is 53.8 Å². The van der Waals surface area contributed by atoms with Crippen LogP contribution in [0.25, 0.3) is 0 Å². The highest BCUT2D eigenvalue weighted by molar-refractivity contribution is 6.16. The number of benzene rings is 2. The molecule has 2 aromatic rings. The minimum absolute atomic E-state index is 0.00779. The maximum Gasteiger partial charge on any atom is 0.294 e. The molecular weight excluding hydrogens is 372 g/mol. The van der Waals surface area contributed by atoms with Crippen molar-refractivity contribution in [3.8, 4) is 17.6 Å². The summed E-state index contributed by atoms with van der Waals surface area (Å²) in [6.07, 6.45) is 0.122. The molecule has 2 aromatic carbocycles. The van der Waals surface area contributed by atoms with Gasteiger partial charge in [0, 0.05) is 17.7 Å². The van der Waals surface area contributed by atoms with Gasteiger partial charge in [0.1, 0.15) is 0 Å². The highest BCUT2D eigenvalue weighted by Crippen LogP contribution is 2.46. The summed E-state index contributed by atoms with van der Waals surface area (Å²) in [4.78, 5) is 27.0. The maximum absolute atomic E-state index is 13.0. The van der Waals surface area contributed by atoms with Crippen molar-refractivity contribution < 1.29 is 24.2 Å². The number of ether oxygens (including phenoxy) is 2. The predicted molar refractivity (Wildman–Crippen MR) is 106 cm³/mol. The van der Waals surface area contributed by atoms with Crippen LogP contribution < -0.4 is 14.4 Å². The normalized spacial score (nSPS) is 16.0. The predicted octanol–water partition coefficient (Wildman–Crippen LogP) is 3.45. The average molecular weight is 392 g/mol. The van der Waals surface area contributed by atoms with Gasteiger partial charge in [-0.1, -0.05) is 19.1 Å². The third-order valence-electron chi connectivity index (χ3n) is 4.83. The van der Waals surface area contributed by atoms with E-state index < -0.39 is 17.7 Å². The van der Waals surface area contributed by atoms with Crippen molar-refractivity contribution in [2.24, 2.45) is 0 Å². The standard InChI is InChI=1S/C22H20N2O5/c1-4-16(25)18-19(15-6-5-7-17(28-2)21(15)29-3)24(22(27)20(18)26)14-10-8-13(12-23)9-11-14/h5-11,19,26H,4H2,1-3H3. The van der Waals surface area contributed by atoms with Crippen molar-refractivity contribution in [1.82, 2.24) is 0 Å². The van der Waals surface area contributed by atoms with E-state index in [9.17, 15) is 14.7 Å². The van der Waals surface area contributed by atoms with Crippen molar-refractivity contribution in [3.63, 3.8) is 0 Å². The maximum atomic E-state index is 13.0. The summed E-state index contributed by atoms with van der Waals surface area (Å²) >= 11 is 0. The van der Waals surface area contributed by atoms with Crippen molar-refractivity contribution in [2.75, 3.05) is 19.1 Å². The summed E-state index contributed by atoms with van der Waals surface area (Å²) in [5.74, 6) is -0.825. The SMILES string of the molecule is CCC(=O)C1=C(O)C(=O)N(c2ccc(C#N)cc2)C1c1cccc(OC)c1OC. The van der Waals surface area contributed by atoms with Gasteiger partial charge >= 0.3 is 0 Å². The summed E-state index contributed by atoms with van der Waals surface area (Å²) in [7, 11) is 2.96. The molecule has 1 amide bonds. The molecule has 0 bridgehead atoms. The summed E-state index contributed by atoms with van der Waals surface area (Å²) in [6, 6.07) is 12.6. The number of amides is 1. The van der Waals surface area contributed by atoms with Crippen LogP contribution in [0.3, 0.4) is 0 Å². The largest absolute Gasteiger partial charge is 0.503 e. The fraction of sp³-hybridized carbons (Fsp3) is 0.227. The molecular formula is C22H20N2O5. The quantitative estimate of drug-likeness (QED) is 0.808. The lowest BCUT2D eigenvalue weighted by molar-refractivity contribution is -0.118. The first-order valence-corrected chi connectivity index (χ1v) is 8.99. The third-order valence-corrected chi connectivity index (χ3v) is 4.83. The number of rotatable bonds is 6. The van der Waals surface area contributed by atoms with Gasteiger partial charge in [-0.05, 0) is 30.3 Å². The molecule has 0 saturated heterocycles. The number of methoxy groups -OCH3 is 2. The first-order valence-electron chi connectivity index (χ1n) is 8.99.